The minimum atomic E-state index is 0.988. The second kappa shape index (κ2) is 3.74. The third kappa shape index (κ3) is 1.52. The Labute approximate surface area is 108 Å². The van der Waals surface area contributed by atoms with Crippen molar-refractivity contribution in [2.75, 3.05) is 0 Å². The largest absolute Gasteiger partial charge is 0.358 e. The SMILES string of the molecule is Cc1[nH]c2ccccc2c1-c1ncn(C)c1Br. The summed E-state index contributed by atoms with van der Waals surface area (Å²) in [6.07, 6.45) is 1.82. The highest BCUT2D eigenvalue weighted by Crippen LogP contribution is 2.34. The number of rotatable bonds is 1. The zero-order valence-electron chi connectivity index (χ0n) is 9.66. The van der Waals surface area contributed by atoms with Crippen LogP contribution in [0.25, 0.3) is 22.2 Å². The molecule has 0 amide bonds. The van der Waals surface area contributed by atoms with Gasteiger partial charge in [-0.1, -0.05) is 18.2 Å². The Kier molecular flexibility index (Phi) is 2.33. The number of H-pyrrole nitrogens is 1. The van der Waals surface area contributed by atoms with Crippen LogP contribution in [0.15, 0.2) is 35.2 Å². The lowest BCUT2D eigenvalue weighted by Gasteiger charge is -1.99. The quantitative estimate of drug-likeness (QED) is 0.729. The normalized spacial score (nSPS) is 11.2. The molecule has 2 aromatic heterocycles. The van der Waals surface area contributed by atoms with Gasteiger partial charge in [0, 0.05) is 29.2 Å². The summed E-state index contributed by atoms with van der Waals surface area (Å²) in [4.78, 5) is 7.86. The monoisotopic (exact) mass is 289 g/mol. The number of hydrogen-bond donors (Lipinski definition) is 1. The van der Waals surface area contributed by atoms with Crippen LogP contribution in [0, 0.1) is 6.92 Å². The van der Waals surface area contributed by atoms with Gasteiger partial charge in [-0.05, 0) is 28.9 Å². The molecular formula is C13H12BrN3. The van der Waals surface area contributed by atoms with Gasteiger partial charge >= 0.3 is 0 Å². The van der Waals surface area contributed by atoms with Crippen molar-refractivity contribution in [1.29, 1.82) is 0 Å². The minimum absolute atomic E-state index is 0.988. The zero-order valence-corrected chi connectivity index (χ0v) is 11.2. The lowest BCUT2D eigenvalue weighted by atomic mass is 10.1. The number of aromatic nitrogens is 3. The van der Waals surface area contributed by atoms with Crippen molar-refractivity contribution in [3.05, 3.63) is 40.9 Å². The van der Waals surface area contributed by atoms with Gasteiger partial charge in [0.15, 0.2) is 0 Å². The third-order valence-corrected chi connectivity index (χ3v) is 3.93. The van der Waals surface area contributed by atoms with E-state index in [1.165, 1.54) is 10.9 Å². The van der Waals surface area contributed by atoms with Crippen LogP contribution in [0.4, 0.5) is 0 Å². The third-order valence-electron chi connectivity index (χ3n) is 3.00. The molecule has 0 radical (unpaired) electrons. The van der Waals surface area contributed by atoms with Crippen LogP contribution in [0.2, 0.25) is 0 Å². The summed E-state index contributed by atoms with van der Waals surface area (Å²) < 4.78 is 2.97. The van der Waals surface area contributed by atoms with Crippen molar-refractivity contribution >= 4 is 26.8 Å². The number of benzene rings is 1. The Morgan fingerprint density at radius 2 is 2.06 bits per heavy atom. The van der Waals surface area contributed by atoms with Gasteiger partial charge in [0.1, 0.15) is 10.3 Å². The number of hydrogen-bond acceptors (Lipinski definition) is 1. The summed E-state index contributed by atoms with van der Waals surface area (Å²) in [6, 6.07) is 8.30. The van der Waals surface area contributed by atoms with Crippen LogP contribution >= 0.6 is 15.9 Å². The van der Waals surface area contributed by atoms with Gasteiger partial charge in [-0.3, -0.25) is 0 Å². The van der Waals surface area contributed by atoms with Crippen molar-refractivity contribution in [3.8, 4) is 11.3 Å². The Morgan fingerprint density at radius 3 is 2.76 bits per heavy atom. The molecule has 0 unspecified atom stereocenters. The van der Waals surface area contributed by atoms with Crippen LogP contribution in [0.3, 0.4) is 0 Å². The van der Waals surface area contributed by atoms with E-state index in [0.29, 0.717) is 0 Å². The van der Waals surface area contributed by atoms with E-state index in [1.807, 2.05) is 24.0 Å². The maximum Gasteiger partial charge on any atom is 0.112 e. The summed E-state index contributed by atoms with van der Waals surface area (Å²) in [5.74, 6) is 0. The van der Waals surface area contributed by atoms with E-state index in [0.717, 1.165) is 21.5 Å². The smallest absolute Gasteiger partial charge is 0.112 e. The van der Waals surface area contributed by atoms with Crippen molar-refractivity contribution in [1.82, 2.24) is 14.5 Å². The maximum atomic E-state index is 4.46. The van der Waals surface area contributed by atoms with E-state index in [2.05, 4.69) is 51.0 Å². The van der Waals surface area contributed by atoms with Gasteiger partial charge in [0.05, 0.1) is 6.33 Å². The van der Waals surface area contributed by atoms with E-state index >= 15 is 0 Å². The van der Waals surface area contributed by atoms with Gasteiger partial charge in [0.2, 0.25) is 0 Å². The van der Waals surface area contributed by atoms with Crippen molar-refractivity contribution < 1.29 is 0 Å². The van der Waals surface area contributed by atoms with Crippen LogP contribution in [-0.2, 0) is 7.05 Å². The highest BCUT2D eigenvalue weighted by molar-refractivity contribution is 9.10. The summed E-state index contributed by atoms with van der Waals surface area (Å²) in [6.45, 7) is 2.08. The van der Waals surface area contributed by atoms with E-state index in [4.69, 9.17) is 0 Å². The first kappa shape index (κ1) is 10.6. The van der Waals surface area contributed by atoms with E-state index in [9.17, 15) is 0 Å². The molecule has 0 bridgehead atoms. The first-order valence-electron chi connectivity index (χ1n) is 5.43. The minimum Gasteiger partial charge on any atom is -0.358 e. The van der Waals surface area contributed by atoms with Gasteiger partial charge in [-0.2, -0.15) is 0 Å². The molecule has 86 valence electrons. The fourth-order valence-electron chi connectivity index (χ4n) is 2.16. The van der Waals surface area contributed by atoms with Gasteiger partial charge in [-0.15, -0.1) is 0 Å². The molecule has 3 rings (SSSR count). The number of nitrogens with zero attached hydrogens (tertiary/aromatic N) is 2. The average molecular weight is 290 g/mol. The summed E-state index contributed by atoms with van der Waals surface area (Å²) in [5.41, 5.74) is 4.46. The lowest BCUT2D eigenvalue weighted by Crippen LogP contribution is -1.85. The summed E-state index contributed by atoms with van der Waals surface area (Å²) in [5, 5.41) is 1.21. The Morgan fingerprint density at radius 1 is 1.29 bits per heavy atom. The zero-order chi connectivity index (χ0) is 12.0. The molecule has 0 spiro atoms. The average Bonchev–Trinajstić information content (AvgIpc) is 2.80. The summed E-state index contributed by atoms with van der Waals surface area (Å²) >= 11 is 3.58. The van der Waals surface area contributed by atoms with Crippen LogP contribution in [0.1, 0.15) is 5.69 Å². The molecule has 0 fully saturated rings. The Hall–Kier alpha value is -1.55. The molecule has 2 heterocycles. The number of aromatic amines is 1. The number of nitrogens with one attached hydrogen (secondary N) is 1. The van der Waals surface area contributed by atoms with Crippen molar-refractivity contribution in [2.45, 2.75) is 6.92 Å². The first-order valence-corrected chi connectivity index (χ1v) is 6.22. The topological polar surface area (TPSA) is 33.6 Å². The van der Waals surface area contributed by atoms with Gasteiger partial charge in [0.25, 0.3) is 0 Å². The molecule has 0 aliphatic heterocycles. The fraction of sp³-hybridized carbons (Fsp3) is 0.154. The second-order valence-electron chi connectivity index (χ2n) is 4.17. The Balaban J connectivity index is 2.37. The highest BCUT2D eigenvalue weighted by Gasteiger charge is 2.15. The second-order valence-corrected chi connectivity index (χ2v) is 4.92. The lowest BCUT2D eigenvalue weighted by molar-refractivity contribution is 0.891. The number of fused-ring (bicyclic) bond motifs is 1. The predicted octanol–water partition coefficient (Wildman–Crippen LogP) is 3.64. The maximum absolute atomic E-state index is 4.46. The van der Waals surface area contributed by atoms with E-state index in [1.54, 1.807) is 0 Å². The first-order chi connectivity index (χ1) is 8.18. The number of imidazole rings is 1. The van der Waals surface area contributed by atoms with Crippen molar-refractivity contribution in [2.24, 2.45) is 7.05 Å². The highest BCUT2D eigenvalue weighted by atomic mass is 79.9. The van der Waals surface area contributed by atoms with Gasteiger partial charge in [-0.25, -0.2) is 4.98 Å². The number of para-hydroxylation sites is 1. The molecule has 1 aromatic carbocycles. The van der Waals surface area contributed by atoms with E-state index in [-0.39, 0.29) is 0 Å². The standard InChI is InChI=1S/C13H12BrN3/c1-8-11(12-13(14)17(2)7-15-12)9-5-3-4-6-10(9)16-8/h3-7,16H,1-2H3. The van der Waals surface area contributed by atoms with Crippen LogP contribution in [0.5, 0.6) is 0 Å². The molecule has 1 N–H and O–H groups in total. The molecule has 17 heavy (non-hydrogen) atoms. The molecule has 0 aliphatic rings. The van der Waals surface area contributed by atoms with Gasteiger partial charge < -0.3 is 9.55 Å². The molecule has 4 heteroatoms. The molecule has 0 atom stereocenters. The fourth-order valence-corrected chi connectivity index (χ4v) is 2.56. The predicted molar refractivity (Wildman–Crippen MR) is 72.9 cm³/mol. The molecule has 0 saturated heterocycles. The van der Waals surface area contributed by atoms with Crippen LogP contribution < -0.4 is 0 Å². The number of halogens is 1. The van der Waals surface area contributed by atoms with Crippen molar-refractivity contribution in [3.63, 3.8) is 0 Å². The molecule has 3 aromatic rings. The molecule has 0 aliphatic carbocycles. The van der Waals surface area contributed by atoms with E-state index < -0.39 is 0 Å². The molecule has 3 nitrogen and oxygen atoms in total. The molecule has 0 saturated carbocycles. The number of aryl methyl sites for hydroxylation is 2. The summed E-state index contributed by atoms with van der Waals surface area (Å²) in [7, 11) is 1.98. The molecular weight excluding hydrogens is 278 g/mol. The van der Waals surface area contributed by atoms with Crippen LogP contribution in [-0.4, -0.2) is 14.5 Å². The Bertz CT molecular complexity index is 694.